The molecule has 0 aliphatic heterocycles. The molecule has 0 bridgehead atoms. The van der Waals surface area contributed by atoms with E-state index >= 15 is 0 Å². The van der Waals surface area contributed by atoms with Crippen LogP contribution in [-0.4, -0.2) is 23.9 Å². The van der Waals surface area contributed by atoms with Crippen molar-refractivity contribution < 1.29 is 14.3 Å². The third-order valence-corrected chi connectivity index (χ3v) is 5.42. The highest BCUT2D eigenvalue weighted by Gasteiger charge is 2.14. The minimum absolute atomic E-state index is 0.0151. The second kappa shape index (κ2) is 10.7. The summed E-state index contributed by atoms with van der Waals surface area (Å²) < 4.78 is 5.12. The predicted molar refractivity (Wildman–Crippen MR) is 120 cm³/mol. The van der Waals surface area contributed by atoms with Crippen molar-refractivity contribution in [2.75, 3.05) is 7.11 Å². The van der Waals surface area contributed by atoms with Gasteiger partial charge in [0.25, 0.3) is 0 Å². The van der Waals surface area contributed by atoms with Crippen LogP contribution in [0.25, 0.3) is 0 Å². The minimum Gasteiger partial charge on any atom is -0.497 e. The number of fused-ring (bicyclic) bond motifs is 1. The number of thiocarbonyl (C=S) groups is 1. The van der Waals surface area contributed by atoms with Gasteiger partial charge in [0.15, 0.2) is 10.9 Å². The Labute approximate surface area is 182 Å². The van der Waals surface area contributed by atoms with E-state index in [1.807, 2.05) is 36.4 Å². The summed E-state index contributed by atoms with van der Waals surface area (Å²) in [5, 5.41) is 3.32. The maximum Gasteiger partial charge on any atom is 0.238 e. The molecule has 0 saturated carbocycles. The summed E-state index contributed by atoms with van der Waals surface area (Å²) in [6, 6.07) is 13.5. The van der Waals surface area contributed by atoms with Gasteiger partial charge in [-0.15, -0.1) is 0 Å². The first-order valence-corrected chi connectivity index (χ1v) is 10.6. The Hall–Kier alpha value is -2.93. The number of nitrogens with one attached hydrogen (secondary N) is 3. The lowest BCUT2D eigenvalue weighted by molar-refractivity contribution is -0.121. The zero-order valence-electron chi connectivity index (χ0n) is 17.1. The molecule has 1 aliphatic carbocycles. The molecule has 0 unspecified atom stereocenters. The lowest BCUT2D eigenvalue weighted by Gasteiger charge is -2.16. The molecular weight excluding hydrogens is 398 g/mol. The molecule has 7 heteroatoms. The van der Waals surface area contributed by atoms with Crippen molar-refractivity contribution in [1.29, 1.82) is 0 Å². The number of hydrazine groups is 1. The van der Waals surface area contributed by atoms with Crippen LogP contribution in [0, 0.1) is 0 Å². The average Bonchev–Trinajstić information content (AvgIpc) is 2.79. The number of benzene rings is 2. The summed E-state index contributed by atoms with van der Waals surface area (Å²) in [6.45, 7) is 0.516. The molecular formula is C23H27N3O3S. The van der Waals surface area contributed by atoms with Gasteiger partial charge in [-0.1, -0.05) is 24.3 Å². The van der Waals surface area contributed by atoms with Crippen LogP contribution in [0.1, 0.15) is 52.7 Å². The fourth-order valence-corrected chi connectivity index (χ4v) is 3.56. The zero-order chi connectivity index (χ0) is 21.3. The molecule has 0 saturated heterocycles. The van der Waals surface area contributed by atoms with Crippen molar-refractivity contribution in [3.8, 4) is 5.75 Å². The normalized spacial score (nSPS) is 12.4. The number of ketones is 1. The van der Waals surface area contributed by atoms with Gasteiger partial charge >= 0.3 is 0 Å². The van der Waals surface area contributed by atoms with Gasteiger partial charge in [-0.2, -0.15) is 0 Å². The summed E-state index contributed by atoms with van der Waals surface area (Å²) >= 11 is 5.16. The molecule has 1 amide bonds. The number of carbonyl (C=O) groups excluding carboxylic acids is 2. The maximum absolute atomic E-state index is 12.4. The van der Waals surface area contributed by atoms with Crippen LogP contribution in [0.15, 0.2) is 42.5 Å². The summed E-state index contributed by atoms with van der Waals surface area (Å²) in [7, 11) is 1.62. The lowest BCUT2D eigenvalue weighted by atomic mass is 9.89. The van der Waals surface area contributed by atoms with Crippen LogP contribution in [0.2, 0.25) is 0 Å². The van der Waals surface area contributed by atoms with Crippen LogP contribution in [0.3, 0.4) is 0 Å². The summed E-state index contributed by atoms with van der Waals surface area (Å²) in [5.74, 6) is 0.491. The summed E-state index contributed by atoms with van der Waals surface area (Å²) in [4.78, 5) is 24.5. The standard InChI is InChI=1S/C23H27N3O3S/c1-29-20-10-6-16(7-11-20)15-24-23(30)26-25-22(28)13-12-21(27)19-9-8-17-4-2-3-5-18(17)14-19/h6-11,14H,2-5,12-13,15H2,1H3,(H,25,28)(H2,24,26,30). The van der Waals surface area contributed by atoms with Crippen molar-refractivity contribution in [3.05, 3.63) is 64.7 Å². The molecule has 0 fully saturated rings. The molecule has 2 aromatic rings. The van der Waals surface area contributed by atoms with Gasteiger partial charge in [-0.3, -0.25) is 20.4 Å². The average molecular weight is 426 g/mol. The molecule has 0 atom stereocenters. The maximum atomic E-state index is 12.4. The predicted octanol–water partition coefficient (Wildman–Crippen LogP) is 3.23. The summed E-state index contributed by atoms with van der Waals surface area (Å²) in [5.41, 5.74) is 9.52. The number of amides is 1. The SMILES string of the molecule is COc1ccc(CNC(=S)NNC(=O)CCC(=O)c2ccc3c(c2)CCCC3)cc1. The van der Waals surface area contributed by atoms with Gasteiger partial charge in [0, 0.05) is 24.9 Å². The Balaban J connectivity index is 1.36. The number of Topliss-reactive ketones (excluding diaryl/α,β-unsaturated/α-hetero) is 1. The van der Waals surface area contributed by atoms with E-state index in [0.717, 1.165) is 24.2 Å². The third-order valence-electron chi connectivity index (χ3n) is 5.18. The topological polar surface area (TPSA) is 79.5 Å². The highest BCUT2D eigenvalue weighted by atomic mass is 32.1. The molecule has 3 rings (SSSR count). The smallest absolute Gasteiger partial charge is 0.238 e. The van der Waals surface area contributed by atoms with E-state index in [4.69, 9.17) is 17.0 Å². The Bertz CT molecular complexity index is 912. The van der Waals surface area contributed by atoms with E-state index < -0.39 is 0 Å². The molecule has 6 nitrogen and oxygen atoms in total. The number of aryl methyl sites for hydroxylation is 2. The van der Waals surface area contributed by atoms with Gasteiger partial charge in [-0.05, 0) is 72.8 Å². The van der Waals surface area contributed by atoms with Crippen molar-refractivity contribution in [3.63, 3.8) is 0 Å². The second-order valence-corrected chi connectivity index (χ2v) is 7.73. The molecule has 0 radical (unpaired) electrons. The van der Waals surface area contributed by atoms with Gasteiger partial charge in [0.1, 0.15) is 5.75 Å². The molecule has 0 heterocycles. The van der Waals surface area contributed by atoms with Crippen LogP contribution in [0.4, 0.5) is 0 Å². The number of carbonyl (C=O) groups is 2. The number of ether oxygens (including phenoxy) is 1. The van der Waals surface area contributed by atoms with Gasteiger partial charge < -0.3 is 10.1 Å². The first-order chi connectivity index (χ1) is 14.5. The second-order valence-electron chi connectivity index (χ2n) is 7.32. The van der Waals surface area contributed by atoms with Crippen LogP contribution < -0.4 is 20.9 Å². The molecule has 30 heavy (non-hydrogen) atoms. The van der Waals surface area contributed by atoms with E-state index in [1.165, 1.54) is 24.0 Å². The quantitative estimate of drug-likeness (QED) is 0.359. The van der Waals surface area contributed by atoms with Crippen molar-refractivity contribution in [2.24, 2.45) is 0 Å². The van der Waals surface area contributed by atoms with Crippen molar-refractivity contribution in [1.82, 2.24) is 16.2 Å². The fourth-order valence-electron chi connectivity index (χ4n) is 3.44. The third kappa shape index (κ3) is 6.29. The number of hydrogen-bond donors (Lipinski definition) is 3. The van der Waals surface area contributed by atoms with Gasteiger partial charge in [-0.25, -0.2) is 0 Å². The van der Waals surface area contributed by atoms with Crippen molar-refractivity contribution >= 4 is 29.0 Å². The highest BCUT2D eigenvalue weighted by Crippen LogP contribution is 2.23. The Morgan fingerprint density at radius 3 is 2.43 bits per heavy atom. The molecule has 158 valence electrons. The fraction of sp³-hybridized carbons (Fsp3) is 0.348. The lowest BCUT2D eigenvalue weighted by Crippen LogP contribution is -2.46. The molecule has 0 spiro atoms. The molecule has 1 aliphatic rings. The first kappa shape index (κ1) is 21.8. The van der Waals surface area contributed by atoms with Crippen molar-refractivity contribution in [2.45, 2.75) is 45.1 Å². The largest absolute Gasteiger partial charge is 0.497 e. The first-order valence-electron chi connectivity index (χ1n) is 10.2. The monoisotopic (exact) mass is 425 g/mol. The summed E-state index contributed by atoms with van der Waals surface area (Å²) in [6.07, 6.45) is 4.77. The van der Waals surface area contributed by atoms with E-state index in [1.54, 1.807) is 7.11 Å². The van der Waals surface area contributed by atoms with Gasteiger partial charge in [0.05, 0.1) is 7.11 Å². The van der Waals surface area contributed by atoms with E-state index in [-0.39, 0.29) is 24.5 Å². The highest BCUT2D eigenvalue weighted by molar-refractivity contribution is 7.80. The molecule has 3 N–H and O–H groups in total. The van der Waals surface area contributed by atoms with Gasteiger partial charge in [0.2, 0.25) is 5.91 Å². The number of methoxy groups -OCH3 is 1. The van der Waals surface area contributed by atoms with E-state index in [0.29, 0.717) is 17.2 Å². The van der Waals surface area contributed by atoms with Crippen LogP contribution in [-0.2, 0) is 24.2 Å². The number of hydrogen-bond acceptors (Lipinski definition) is 4. The number of rotatable bonds is 7. The Morgan fingerprint density at radius 1 is 0.967 bits per heavy atom. The minimum atomic E-state index is -0.282. The Morgan fingerprint density at radius 2 is 1.70 bits per heavy atom. The molecule has 2 aromatic carbocycles. The Kier molecular flexibility index (Phi) is 7.79. The zero-order valence-corrected chi connectivity index (χ0v) is 17.9. The van der Waals surface area contributed by atoms with E-state index in [9.17, 15) is 9.59 Å². The molecule has 0 aromatic heterocycles. The van der Waals surface area contributed by atoms with E-state index in [2.05, 4.69) is 22.2 Å². The van der Waals surface area contributed by atoms with Crippen LogP contribution >= 0.6 is 12.2 Å². The van der Waals surface area contributed by atoms with Crippen LogP contribution in [0.5, 0.6) is 5.75 Å².